The molecule has 0 N–H and O–H groups in total. The zero-order chi connectivity index (χ0) is 14.7. The Morgan fingerprint density at radius 3 is 2.80 bits per heavy atom. The Hall–Kier alpha value is -2.46. The molecule has 0 radical (unpaired) electrons. The molecule has 2 aromatic rings. The highest BCUT2D eigenvalue weighted by Gasteiger charge is 2.16. The summed E-state index contributed by atoms with van der Waals surface area (Å²) in [5.41, 5.74) is 0.262. The van der Waals surface area contributed by atoms with Crippen LogP contribution >= 0.6 is 15.9 Å². The molecule has 0 aliphatic carbocycles. The third-order valence-corrected chi connectivity index (χ3v) is 3.01. The smallest absolute Gasteiger partial charge is 0.305 e. The lowest BCUT2D eigenvalue weighted by Gasteiger charge is -2.08. The predicted octanol–water partition coefficient (Wildman–Crippen LogP) is 3.72. The molecule has 0 saturated heterocycles. The fourth-order valence-corrected chi connectivity index (χ4v) is 1.86. The van der Waals surface area contributed by atoms with Gasteiger partial charge in [0.2, 0.25) is 11.6 Å². The fraction of sp³-hybridized carbons (Fsp3) is 0.0769. The zero-order valence-corrected chi connectivity index (χ0v) is 11.9. The van der Waals surface area contributed by atoms with Crippen LogP contribution < -0.4 is 4.74 Å². The number of hydrogen-bond donors (Lipinski definition) is 0. The third kappa shape index (κ3) is 2.92. The van der Waals surface area contributed by atoms with E-state index in [4.69, 9.17) is 10.00 Å². The first kappa shape index (κ1) is 14.0. The van der Waals surface area contributed by atoms with Gasteiger partial charge in [-0.1, -0.05) is 22.0 Å². The average molecular weight is 334 g/mol. The van der Waals surface area contributed by atoms with Gasteiger partial charge in [-0.05, 0) is 24.6 Å². The minimum Gasteiger partial charge on any atom is -0.439 e. The maximum atomic E-state index is 10.7. The van der Waals surface area contributed by atoms with Crippen LogP contribution in [0.25, 0.3) is 0 Å². The first-order chi connectivity index (χ1) is 9.51. The summed E-state index contributed by atoms with van der Waals surface area (Å²) < 4.78 is 6.39. The van der Waals surface area contributed by atoms with Gasteiger partial charge in [0.15, 0.2) is 0 Å². The number of halogens is 1. The molecule has 0 unspecified atom stereocenters. The lowest BCUT2D eigenvalue weighted by Crippen LogP contribution is -1.97. The molecule has 0 aliphatic heterocycles. The number of nitro groups is 1. The molecule has 0 saturated carbocycles. The molecule has 0 spiro atoms. The van der Waals surface area contributed by atoms with E-state index in [0.29, 0.717) is 5.75 Å². The Morgan fingerprint density at radius 2 is 2.15 bits per heavy atom. The fourth-order valence-electron chi connectivity index (χ4n) is 1.52. The van der Waals surface area contributed by atoms with E-state index < -0.39 is 4.92 Å². The molecule has 20 heavy (non-hydrogen) atoms. The summed E-state index contributed by atoms with van der Waals surface area (Å²) in [4.78, 5) is 13.9. The number of nitrogens with zero attached hydrogens (tertiary/aromatic N) is 3. The van der Waals surface area contributed by atoms with E-state index in [1.54, 1.807) is 12.1 Å². The van der Waals surface area contributed by atoms with Crippen molar-refractivity contribution in [3.8, 4) is 17.7 Å². The molecule has 100 valence electrons. The number of pyridine rings is 1. The van der Waals surface area contributed by atoms with Crippen molar-refractivity contribution in [1.29, 1.82) is 5.26 Å². The maximum Gasteiger partial charge on any atom is 0.305 e. The Kier molecular flexibility index (Phi) is 3.96. The normalized spacial score (nSPS) is 9.85. The number of nitriles is 1. The van der Waals surface area contributed by atoms with Gasteiger partial charge in [0.25, 0.3) is 0 Å². The molecule has 0 bridgehead atoms. The van der Waals surface area contributed by atoms with Crippen molar-refractivity contribution in [2.75, 3.05) is 0 Å². The molecule has 1 heterocycles. The second kappa shape index (κ2) is 5.67. The van der Waals surface area contributed by atoms with Gasteiger partial charge in [-0.15, -0.1) is 0 Å². The van der Waals surface area contributed by atoms with E-state index in [1.165, 1.54) is 12.1 Å². The van der Waals surface area contributed by atoms with Crippen molar-refractivity contribution in [2.45, 2.75) is 6.92 Å². The summed E-state index contributed by atoms with van der Waals surface area (Å²) in [5, 5.41) is 19.6. The summed E-state index contributed by atoms with van der Waals surface area (Å²) in [6, 6.07) is 9.73. The van der Waals surface area contributed by atoms with Gasteiger partial charge in [0, 0.05) is 16.6 Å². The van der Waals surface area contributed by atoms with E-state index in [0.717, 1.165) is 10.0 Å². The molecule has 0 fully saturated rings. The Morgan fingerprint density at radius 1 is 1.40 bits per heavy atom. The highest BCUT2D eigenvalue weighted by Crippen LogP contribution is 2.28. The van der Waals surface area contributed by atoms with Crippen LogP contribution in [0.15, 0.2) is 34.8 Å². The molecule has 1 aromatic heterocycles. The van der Waals surface area contributed by atoms with E-state index in [2.05, 4.69) is 20.9 Å². The van der Waals surface area contributed by atoms with Crippen molar-refractivity contribution in [3.05, 3.63) is 56.2 Å². The average Bonchev–Trinajstić information content (AvgIpc) is 2.42. The Labute approximate surface area is 122 Å². The standard InChI is InChI=1S/C13H8BrN3O3/c1-8-2-3-9(14)6-12(8)20-13-5-4-11(17(18)19)10(7-15)16-13/h2-6H,1H3. The van der Waals surface area contributed by atoms with Gasteiger partial charge in [-0.3, -0.25) is 10.1 Å². The van der Waals surface area contributed by atoms with Crippen molar-refractivity contribution < 1.29 is 9.66 Å². The molecule has 2 rings (SSSR count). The first-order valence-corrected chi connectivity index (χ1v) is 6.30. The largest absolute Gasteiger partial charge is 0.439 e. The van der Waals surface area contributed by atoms with Gasteiger partial charge in [-0.25, -0.2) is 0 Å². The first-order valence-electron chi connectivity index (χ1n) is 5.51. The molecule has 6 nitrogen and oxygen atoms in total. The SMILES string of the molecule is Cc1ccc(Br)cc1Oc1ccc([N+](=O)[O-])c(C#N)n1. The van der Waals surface area contributed by atoms with Gasteiger partial charge < -0.3 is 4.74 Å². The minimum absolute atomic E-state index is 0.133. The molecule has 0 atom stereocenters. The van der Waals surface area contributed by atoms with Crippen molar-refractivity contribution in [2.24, 2.45) is 0 Å². The summed E-state index contributed by atoms with van der Waals surface area (Å²) in [5.74, 6) is 0.693. The van der Waals surface area contributed by atoms with E-state index in [9.17, 15) is 10.1 Å². The van der Waals surface area contributed by atoms with Crippen LogP contribution in [-0.4, -0.2) is 9.91 Å². The number of aromatic nitrogens is 1. The van der Waals surface area contributed by atoms with Gasteiger partial charge in [0.05, 0.1) is 4.92 Å². The highest BCUT2D eigenvalue weighted by molar-refractivity contribution is 9.10. The number of aryl methyl sites for hydroxylation is 1. The summed E-state index contributed by atoms with van der Waals surface area (Å²) >= 11 is 3.33. The quantitative estimate of drug-likeness (QED) is 0.630. The number of rotatable bonds is 3. The Balaban J connectivity index is 2.38. The van der Waals surface area contributed by atoms with Crippen LogP contribution in [-0.2, 0) is 0 Å². The number of hydrogen-bond acceptors (Lipinski definition) is 5. The second-order valence-corrected chi connectivity index (χ2v) is 4.81. The van der Waals surface area contributed by atoms with E-state index >= 15 is 0 Å². The topological polar surface area (TPSA) is 89.0 Å². The third-order valence-electron chi connectivity index (χ3n) is 2.52. The summed E-state index contributed by atoms with van der Waals surface area (Å²) in [7, 11) is 0. The van der Waals surface area contributed by atoms with Gasteiger partial charge in [0.1, 0.15) is 11.8 Å². The van der Waals surface area contributed by atoms with Crippen LogP contribution in [0.1, 0.15) is 11.3 Å². The molecule has 7 heteroatoms. The van der Waals surface area contributed by atoms with E-state index in [1.807, 2.05) is 19.1 Å². The van der Waals surface area contributed by atoms with Crippen molar-refractivity contribution in [1.82, 2.24) is 4.98 Å². The van der Waals surface area contributed by atoms with Crippen LogP contribution in [0.3, 0.4) is 0 Å². The monoisotopic (exact) mass is 333 g/mol. The Bertz CT molecular complexity index is 725. The second-order valence-electron chi connectivity index (χ2n) is 3.90. The minimum atomic E-state index is -0.653. The van der Waals surface area contributed by atoms with Crippen LogP contribution in [0.4, 0.5) is 5.69 Å². The molecule has 0 aliphatic rings. The van der Waals surface area contributed by atoms with Crippen molar-refractivity contribution >= 4 is 21.6 Å². The molecular weight excluding hydrogens is 326 g/mol. The number of benzene rings is 1. The lowest BCUT2D eigenvalue weighted by atomic mass is 10.2. The maximum absolute atomic E-state index is 10.7. The lowest BCUT2D eigenvalue weighted by molar-refractivity contribution is -0.385. The zero-order valence-electron chi connectivity index (χ0n) is 10.3. The molecular formula is C13H8BrN3O3. The van der Waals surface area contributed by atoms with Crippen LogP contribution in [0.5, 0.6) is 11.6 Å². The summed E-state index contributed by atoms with van der Waals surface area (Å²) in [6.07, 6.45) is 0. The van der Waals surface area contributed by atoms with Crippen molar-refractivity contribution in [3.63, 3.8) is 0 Å². The van der Waals surface area contributed by atoms with E-state index in [-0.39, 0.29) is 17.3 Å². The summed E-state index contributed by atoms with van der Waals surface area (Å²) in [6.45, 7) is 1.86. The van der Waals surface area contributed by atoms with Crippen LogP contribution in [0, 0.1) is 28.4 Å². The van der Waals surface area contributed by atoms with Gasteiger partial charge in [-0.2, -0.15) is 10.2 Å². The molecule has 0 amide bonds. The molecule has 1 aromatic carbocycles. The number of ether oxygens (including phenoxy) is 1. The van der Waals surface area contributed by atoms with Gasteiger partial charge >= 0.3 is 5.69 Å². The van der Waals surface area contributed by atoms with Crippen LogP contribution in [0.2, 0.25) is 0 Å². The predicted molar refractivity (Wildman–Crippen MR) is 74.6 cm³/mol. The highest BCUT2D eigenvalue weighted by atomic mass is 79.9.